The monoisotopic (exact) mass is 422 g/mol. The van der Waals surface area contributed by atoms with Crippen LogP contribution in [0.4, 0.5) is 5.69 Å². The second-order valence-corrected chi connectivity index (χ2v) is 8.48. The van der Waals surface area contributed by atoms with Crippen LogP contribution in [-0.4, -0.2) is 67.4 Å². The Kier molecular flexibility index (Phi) is 8.20. The molecule has 0 aromatic heterocycles. The fourth-order valence-corrected chi connectivity index (χ4v) is 3.92. The van der Waals surface area contributed by atoms with Gasteiger partial charge in [-0.15, -0.1) is 0 Å². The highest BCUT2D eigenvalue weighted by molar-refractivity contribution is 5.93. The number of carbonyl (C=O) groups is 2. The van der Waals surface area contributed by atoms with Gasteiger partial charge in [-0.05, 0) is 36.5 Å². The molecule has 1 aliphatic rings. The molecule has 0 radical (unpaired) electrons. The lowest BCUT2D eigenvalue weighted by molar-refractivity contribution is -0.123. The minimum absolute atomic E-state index is 0.0125. The highest BCUT2D eigenvalue weighted by Gasteiger charge is 2.21. The summed E-state index contributed by atoms with van der Waals surface area (Å²) in [6.45, 7) is 10.7. The molecule has 31 heavy (non-hydrogen) atoms. The molecule has 3 rings (SSSR count). The first-order valence-electron chi connectivity index (χ1n) is 11.0. The number of nitrogens with one attached hydrogen (secondary N) is 2. The fourth-order valence-electron chi connectivity index (χ4n) is 3.92. The maximum atomic E-state index is 12.5. The summed E-state index contributed by atoms with van der Waals surface area (Å²) in [6.07, 6.45) is 0. The number of hydrogen-bond acceptors (Lipinski definition) is 4. The molecule has 1 fully saturated rings. The van der Waals surface area contributed by atoms with Gasteiger partial charge in [-0.3, -0.25) is 19.4 Å². The van der Waals surface area contributed by atoms with E-state index < -0.39 is 0 Å². The number of para-hydroxylation sites is 1. The molecule has 0 spiro atoms. The SMILES string of the molecule is Cc1cccc(C)c1NC(=O)CN1CCN(CC(=O)NC[C@H](C)c2ccccc2)CC1. The summed E-state index contributed by atoms with van der Waals surface area (Å²) < 4.78 is 0. The molecule has 6 heteroatoms. The van der Waals surface area contributed by atoms with Crippen molar-refractivity contribution in [1.82, 2.24) is 15.1 Å². The minimum Gasteiger partial charge on any atom is -0.354 e. The topological polar surface area (TPSA) is 64.7 Å². The number of piperazine rings is 1. The van der Waals surface area contributed by atoms with Gasteiger partial charge in [0.25, 0.3) is 0 Å². The van der Waals surface area contributed by atoms with Crippen molar-refractivity contribution in [3.8, 4) is 0 Å². The zero-order valence-electron chi connectivity index (χ0n) is 18.9. The number of carbonyl (C=O) groups excluding carboxylic acids is 2. The summed E-state index contributed by atoms with van der Waals surface area (Å²) >= 11 is 0. The lowest BCUT2D eigenvalue weighted by Crippen LogP contribution is -2.51. The van der Waals surface area contributed by atoms with E-state index in [1.165, 1.54) is 5.56 Å². The Hall–Kier alpha value is -2.70. The second-order valence-electron chi connectivity index (χ2n) is 8.48. The number of aryl methyl sites for hydroxylation is 2. The van der Waals surface area contributed by atoms with E-state index in [-0.39, 0.29) is 17.7 Å². The van der Waals surface area contributed by atoms with Crippen LogP contribution in [0.25, 0.3) is 0 Å². The van der Waals surface area contributed by atoms with E-state index in [4.69, 9.17) is 0 Å². The quantitative estimate of drug-likeness (QED) is 0.687. The standard InChI is InChI=1S/C25H34N4O2/c1-19-8-7-9-20(2)25(19)27-24(31)18-29-14-12-28(13-15-29)17-23(30)26-16-21(3)22-10-5-4-6-11-22/h4-11,21H,12-18H2,1-3H3,(H,26,30)(H,27,31)/t21-/m0/s1. The fraction of sp³-hybridized carbons (Fsp3) is 0.440. The average Bonchev–Trinajstić information content (AvgIpc) is 2.77. The summed E-state index contributed by atoms with van der Waals surface area (Å²) in [5.41, 5.74) is 4.29. The minimum atomic E-state index is 0.0125. The van der Waals surface area contributed by atoms with Gasteiger partial charge in [0.1, 0.15) is 0 Å². The largest absolute Gasteiger partial charge is 0.354 e. The molecule has 1 heterocycles. The van der Waals surface area contributed by atoms with E-state index >= 15 is 0 Å². The van der Waals surface area contributed by atoms with Crippen molar-refractivity contribution in [2.45, 2.75) is 26.7 Å². The van der Waals surface area contributed by atoms with Crippen LogP contribution >= 0.6 is 0 Å². The molecule has 1 saturated heterocycles. The van der Waals surface area contributed by atoms with Crippen LogP contribution in [0.2, 0.25) is 0 Å². The van der Waals surface area contributed by atoms with Gasteiger partial charge in [0.2, 0.25) is 11.8 Å². The van der Waals surface area contributed by atoms with Crippen LogP contribution in [0.3, 0.4) is 0 Å². The summed E-state index contributed by atoms with van der Waals surface area (Å²) in [5.74, 6) is 0.361. The Bertz CT molecular complexity index is 856. The van der Waals surface area contributed by atoms with Gasteiger partial charge in [-0.2, -0.15) is 0 Å². The lowest BCUT2D eigenvalue weighted by atomic mass is 10.0. The predicted molar refractivity (Wildman–Crippen MR) is 125 cm³/mol. The van der Waals surface area contributed by atoms with Crippen LogP contribution in [0.1, 0.15) is 29.5 Å². The molecule has 2 aromatic rings. The highest BCUT2D eigenvalue weighted by Crippen LogP contribution is 2.19. The Morgan fingerprint density at radius 3 is 1.97 bits per heavy atom. The van der Waals surface area contributed by atoms with Crippen molar-refractivity contribution < 1.29 is 9.59 Å². The van der Waals surface area contributed by atoms with Gasteiger partial charge < -0.3 is 10.6 Å². The van der Waals surface area contributed by atoms with Gasteiger partial charge in [0.15, 0.2) is 0 Å². The third-order valence-corrected chi connectivity index (χ3v) is 5.92. The summed E-state index contributed by atoms with van der Waals surface area (Å²) in [6, 6.07) is 16.2. The van der Waals surface area contributed by atoms with E-state index in [2.05, 4.69) is 39.5 Å². The van der Waals surface area contributed by atoms with Crippen LogP contribution in [0.5, 0.6) is 0 Å². The number of hydrogen-bond donors (Lipinski definition) is 2. The molecule has 6 nitrogen and oxygen atoms in total. The van der Waals surface area contributed by atoms with Gasteiger partial charge in [0.05, 0.1) is 13.1 Å². The van der Waals surface area contributed by atoms with Crippen LogP contribution in [0.15, 0.2) is 48.5 Å². The van der Waals surface area contributed by atoms with Crippen LogP contribution in [-0.2, 0) is 9.59 Å². The lowest BCUT2D eigenvalue weighted by Gasteiger charge is -2.34. The molecule has 0 saturated carbocycles. The number of nitrogens with zero attached hydrogens (tertiary/aromatic N) is 2. The molecule has 0 unspecified atom stereocenters. The second kappa shape index (κ2) is 11.1. The van der Waals surface area contributed by atoms with E-state index in [0.717, 1.165) is 43.0 Å². The van der Waals surface area contributed by atoms with Crippen molar-refractivity contribution in [1.29, 1.82) is 0 Å². The Morgan fingerprint density at radius 2 is 1.39 bits per heavy atom. The molecule has 0 bridgehead atoms. The molecule has 166 valence electrons. The van der Waals surface area contributed by atoms with Gasteiger partial charge in [-0.1, -0.05) is 55.5 Å². The first-order valence-corrected chi connectivity index (χ1v) is 11.0. The molecule has 1 atom stereocenters. The third kappa shape index (κ3) is 6.91. The van der Waals surface area contributed by atoms with Crippen LogP contribution in [0, 0.1) is 13.8 Å². The first-order chi connectivity index (χ1) is 14.9. The Labute approximate surface area is 185 Å². The van der Waals surface area contributed by atoms with Gasteiger partial charge >= 0.3 is 0 Å². The van der Waals surface area contributed by atoms with Crippen molar-refractivity contribution >= 4 is 17.5 Å². The third-order valence-electron chi connectivity index (χ3n) is 5.92. The predicted octanol–water partition coefficient (Wildman–Crippen LogP) is 2.78. The molecular formula is C25H34N4O2. The zero-order valence-corrected chi connectivity index (χ0v) is 18.9. The molecule has 1 aliphatic heterocycles. The van der Waals surface area contributed by atoms with Crippen molar-refractivity contribution in [2.24, 2.45) is 0 Å². The molecule has 2 N–H and O–H groups in total. The normalized spacial score (nSPS) is 16.0. The maximum absolute atomic E-state index is 12.5. The Balaban J connectivity index is 1.36. The summed E-state index contributed by atoms with van der Waals surface area (Å²) in [4.78, 5) is 29.1. The van der Waals surface area contributed by atoms with E-state index in [1.807, 2.05) is 50.2 Å². The summed E-state index contributed by atoms with van der Waals surface area (Å²) in [5, 5.41) is 6.10. The van der Waals surface area contributed by atoms with Crippen LogP contribution < -0.4 is 10.6 Å². The molecule has 0 aliphatic carbocycles. The number of benzene rings is 2. The number of rotatable bonds is 8. The first kappa shape index (κ1) is 23.0. The van der Waals surface area contributed by atoms with E-state index in [9.17, 15) is 9.59 Å². The number of anilines is 1. The molecule has 2 aromatic carbocycles. The Morgan fingerprint density at radius 1 is 0.839 bits per heavy atom. The van der Waals surface area contributed by atoms with E-state index in [1.54, 1.807) is 0 Å². The summed E-state index contributed by atoms with van der Waals surface area (Å²) in [7, 11) is 0. The van der Waals surface area contributed by atoms with Crippen molar-refractivity contribution in [3.63, 3.8) is 0 Å². The molecular weight excluding hydrogens is 388 g/mol. The number of amides is 2. The van der Waals surface area contributed by atoms with Crippen molar-refractivity contribution in [3.05, 3.63) is 65.2 Å². The van der Waals surface area contributed by atoms with E-state index in [0.29, 0.717) is 19.6 Å². The maximum Gasteiger partial charge on any atom is 0.238 e. The zero-order chi connectivity index (χ0) is 22.2. The average molecular weight is 423 g/mol. The smallest absolute Gasteiger partial charge is 0.238 e. The van der Waals surface area contributed by atoms with Gasteiger partial charge in [0, 0.05) is 38.4 Å². The molecule has 2 amide bonds. The highest BCUT2D eigenvalue weighted by atomic mass is 16.2. The van der Waals surface area contributed by atoms with Gasteiger partial charge in [-0.25, -0.2) is 0 Å². The van der Waals surface area contributed by atoms with Crippen molar-refractivity contribution in [2.75, 3.05) is 51.1 Å².